The predicted octanol–water partition coefficient (Wildman–Crippen LogP) is 11.9. The smallest absolute Gasteiger partial charge is 0.462 e. The molecule has 0 fully saturated rings. The number of hydrogen-bond acceptors (Lipinski definition) is 9. The van der Waals surface area contributed by atoms with Gasteiger partial charge >= 0.3 is 19.8 Å². The molecule has 10 nitrogen and oxygen atoms in total. The highest BCUT2D eigenvalue weighted by molar-refractivity contribution is 7.47. The molecule has 0 aromatic carbocycles. The molecule has 11 heteroatoms. The topological polar surface area (TPSA) is 149 Å². The summed E-state index contributed by atoms with van der Waals surface area (Å²) in [7, 11) is -4.62. The SMILES string of the molecule is CCCCC/C=C\C/C=C\C/C=C\CCCCCCCCC(=O)OC(COC(=O)CCCCCCCCCCCCCCCC)COP(=O)(O)OCC(O)CO. The molecule has 0 spiro atoms. The second kappa shape index (κ2) is 41.4. The van der Waals surface area contributed by atoms with E-state index in [1.54, 1.807) is 0 Å². The number of aliphatic hydroxyl groups excluding tert-OH is 2. The normalized spacial score (nSPS) is 14.2. The monoisotopic (exact) mass is 815 g/mol. The van der Waals surface area contributed by atoms with Crippen LogP contribution in [0, 0.1) is 0 Å². The number of phosphoric ester groups is 1. The summed E-state index contributed by atoms with van der Waals surface area (Å²) in [5.74, 6) is -0.934. The number of unbranched alkanes of at least 4 members (excludes halogenated alkanes) is 22. The lowest BCUT2D eigenvalue weighted by molar-refractivity contribution is -0.161. The fourth-order valence-electron chi connectivity index (χ4n) is 6.06. The highest BCUT2D eigenvalue weighted by Gasteiger charge is 2.27. The van der Waals surface area contributed by atoms with Crippen molar-refractivity contribution in [3.8, 4) is 0 Å². The van der Waals surface area contributed by atoms with E-state index in [1.165, 1.54) is 89.9 Å². The number of esters is 2. The lowest BCUT2D eigenvalue weighted by Gasteiger charge is -2.20. The van der Waals surface area contributed by atoms with Crippen molar-refractivity contribution in [2.45, 2.75) is 212 Å². The summed E-state index contributed by atoms with van der Waals surface area (Å²) >= 11 is 0. The van der Waals surface area contributed by atoms with Gasteiger partial charge in [0, 0.05) is 12.8 Å². The Morgan fingerprint density at radius 2 is 0.929 bits per heavy atom. The first-order valence-electron chi connectivity index (χ1n) is 22.4. The van der Waals surface area contributed by atoms with Gasteiger partial charge in [-0.25, -0.2) is 4.57 Å². The highest BCUT2D eigenvalue weighted by atomic mass is 31.2. The zero-order valence-corrected chi connectivity index (χ0v) is 36.5. The molecule has 56 heavy (non-hydrogen) atoms. The summed E-state index contributed by atoms with van der Waals surface area (Å²) < 4.78 is 32.7. The number of rotatable bonds is 42. The molecular formula is C45H83O10P. The Morgan fingerprint density at radius 3 is 1.43 bits per heavy atom. The molecule has 3 N–H and O–H groups in total. The number of aliphatic hydroxyl groups is 2. The van der Waals surface area contributed by atoms with Crippen molar-refractivity contribution < 1.29 is 47.8 Å². The van der Waals surface area contributed by atoms with Crippen LogP contribution in [-0.4, -0.2) is 65.7 Å². The molecule has 0 rings (SSSR count). The van der Waals surface area contributed by atoms with E-state index >= 15 is 0 Å². The first-order chi connectivity index (χ1) is 27.2. The zero-order valence-electron chi connectivity index (χ0n) is 35.6. The molecule has 0 saturated heterocycles. The standard InChI is InChI=1S/C45H83O10P/c1-3-5-7-9-11-13-15-17-19-20-21-22-23-25-27-29-31-33-35-37-45(49)55-43(41-54-56(50,51)53-39-42(47)38-46)40-52-44(48)36-34-32-30-28-26-24-18-16-14-12-10-8-6-4-2/h11,13,17,19,21-22,42-43,46-47H,3-10,12,14-16,18,20,23-41H2,1-2H3,(H,50,51)/b13-11-,19-17-,22-21-. The maximum absolute atomic E-state index is 12.6. The summed E-state index contributed by atoms with van der Waals surface area (Å²) in [4.78, 5) is 35.0. The number of carbonyl (C=O) groups is 2. The molecule has 0 aromatic heterocycles. The van der Waals surface area contributed by atoms with Crippen LogP contribution in [0.15, 0.2) is 36.5 Å². The molecule has 3 unspecified atom stereocenters. The summed E-state index contributed by atoms with van der Waals surface area (Å²) in [6.07, 6.45) is 42.4. The number of ether oxygens (including phenoxy) is 2. The van der Waals surface area contributed by atoms with Gasteiger partial charge in [0.2, 0.25) is 0 Å². The Morgan fingerprint density at radius 1 is 0.536 bits per heavy atom. The summed E-state index contributed by atoms with van der Waals surface area (Å²) in [6, 6.07) is 0. The van der Waals surface area contributed by atoms with Crippen LogP contribution in [0.2, 0.25) is 0 Å². The zero-order chi connectivity index (χ0) is 41.2. The van der Waals surface area contributed by atoms with E-state index in [-0.39, 0.29) is 19.4 Å². The fraction of sp³-hybridized carbons (Fsp3) is 0.822. The minimum absolute atomic E-state index is 0.171. The molecule has 0 aromatic rings. The second-order valence-electron chi connectivity index (χ2n) is 15.1. The largest absolute Gasteiger partial charge is 0.472 e. The average Bonchev–Trinajstić information content (AvgIpc) is 3.19. The molecular weight excluding hydrogens is 731 g/mol. The van der Waals surface area contributed by atoms with E-state index < -0.39 is 51.8 Å². The number of carbonyl (C=O) groups excluding carboxylic acids is 2. The number of phosphoric acid groups is 1. The quantitative estimate of drug-likeness (QED) is 0.0235. The van der Waals surface area contributed by atoms with Crippen molar-refractivity contribution in [3.05, 3.63) is 36.5 Å². The Balaban J connectivity index is 4.29. The van der Waals surface area contributed by atoms with Gasteiger partial charge in [-0.1, -0.05) is 172 Å². The minimum atomic E-state index is -4.62. The van der Waals surface area contributed by atoms with Gasteiger partial charge in [0.1, 0.15) is 12.7 Å². The molecule has 0 bridgehead atoms. The first kappa shape index (κ1) is 54.2. The molecule has 328 valence electrons. The van der Waals surface area contributed by atoms with Gasteiger partial charge in [0.15, 0.2) is 6.10 Å². The third kappa shape index (κ3) is 40.4. The molecule has 0 aliphatic heterocycles. The summed E-state index contributed by atoms with van der Waals surface area (Å²) in [5.41, 5.74) is 0. The lowest BCUT2D eigenvalue weighted by Crippen LogP contribution is -2.29. The van der Waals surface area contributed by atoms with Crippen molar-refractivity contribution in [1.82, 2.24) is 0 Å². The predicted molar refractivity (Wildman–Crippen MR) is 228 cm³/mol. The Labute approximate surface area is 341 Å². The Bertz CT molecular complexity index is 1030. The van der Waals surface area contributed by atoms with Crippen LogP contribution in [0.3, 0.4) is 0 Å². The fourth-order valence-corrected chi connectivity index (χ4v) is 6.85. The third-order valence-corrected chi connectivity index (χ3v) is 10.5. The van der Waals surface area contributed by atoms with Crippen molar-refractivity contribution in [2.75, 3.05) is 26.4 Å². The Kier molecular flexibility index (Phi) is 40.0. The van der Waals surface area contributed by atoms with E-state index in [0.717, 1.165) is 70.6 Å². The average molecular weight is 815 g/mol. The maximum atomic E-state index is 12.6. The second-order valence-corrected chi connectivity index (χ2v) is 16.5. The molecule has 0 amide bonds. The molecule has 0 saturated carbocycles. The molecule has 0 aliphatic rings. The van der Waals surface area contributed by atoms with E-state index in [4.69, 9.17) is 23.6 Å². The molecule has 0 radical (unpaired) electrons. The summed E-state index contributed by atoms with van der Waals surface area (Å²) in [5, 5.41) is 18.3. The van der Waals surface area contributed by atoms with Crippen LogP contribution in [0.1, 0.15) is 200 Å². The Hall–Kier alpha value is -1.81. The van der Waals surface area contributed by atoms with E-state index in [2.05, 4.69) is 50.3 Å². The highest BCUT2D eigenvalue weighted by Crippen LogP contribution is 2.43. The molecule has 0 aliphatic carbocycles. The molecule has 0 heterocycles. The van der Waals surface area contributed by atoms with Gasteiger partial charge in [0.05, 0.1) is 19.8 Å². The van der Waals surface area contributed by atoms with Gasteiger partial charge in [0.25, 0.3) is 0 Å². The van der Waals surface area contributed by atoms with Gasteiger partial charge in [-0.3, -0.25) is 18.6 Å². The number of allylic oxidation sites excluding steroid dienone is 6. The lowest BCUT2D eigenvalue weighted by atomic mass is 10.0. The van der Waals surface area contributed by atoms with E-state index in [0.29, 0.717) is 12.8 Å². The van der Waals surface area contributed by atoms with Gasteiger partial charge < -0.3 is 24.6 Å². The van der Waals surface area contributed by atoms with Crippen LogP contribution < -0.4 is 0 Å². The van der Waals surface area contributed by atoms with Crippen molar-refractivity contribution in [3.63, 3.8) is 0 Å². The number of hydrogen-bond donors (Lipinski definition) is 3. The van der Waals surface area contributed by atoms with E-state index in [9.17, 15) is 24.2 Å². The van der Waals surface area contributed by atoms with E-state index in [1.807, 2.05) is 0 Å². The first-order valence-corrected chi connectivity index (χ1v) is 23.9. The van der Waals surface area contributed by atoms with Gasteiger partial charge in [-0.05, 0) is 51.4 Å². The van der Waals surface area contributed by atoms with Crippen molar-refractivity contribution in [2.24, 2.45) is 0 Å². The van der Waals surface area contributed by atoms with Crippen LogP contribution in [0.25, 0.3) is 0 Å². The van der Waals surface area contributed by atoms with Gasteiger partial charge in [-0.2, -0.15) is 0 Å². The molecule has 3 atom stereocenters. The van der Waals surface area contributed by atoms with Crippen LogP contribution in [0.4, 0.5) is 0 Å². The minimum Gasteiger partial charge on any atom is -0.462 e. The summed E-state index contributed by atoms with van der Waals surface area (Å²) in [6.45, 7) is 2.35. The third-order valence-electron chi connectivity index (χ3n) is 9.55. The maximum Gasteiger partial charge on any atom is 0.472 e. The van der Waals surface area contributed by atoms with Gasteiger partial charge in [-0.15, -0.1) is 0 Å². The van der Waals surface area contributed by atoms with Crippen LogP contribution in [-0.2, 0) is 32.7 Å². The van der Waals surface area contributed by atoms with Crippen molar-refractivity contribution in [1.29, 1.82) is 0 Å². The van der Waals surface area contributed by atoms with Crippen LogP contribution in [0.5, 0.6) is 0 Å². The van der Waals surface area contributed by atoms with Crippen LogP contribution >= 0.6 is 7.82 Å². The van der Waals surface area contributed by atoms with Crippen molar-refractivity contribution >= 4 is 19.8 Å².